The number of amides is 1. The first-order valence-corrected chi connectivity index (χ1v) is 8.07. The Morgan fingerprint density at radius 1 is 1.50 bits per heavy atom. The molecular formula is C13H19N3O3S. The third kappa shape index (κ3) is 3.78. The molecule has 110 valence electrons. The first kappa shape index (κ1) is 15.0. The van der Waals surface area contributed by atoms with Crippen LogP contribution in [0.3, 0.4) is 0 Å². The average molecular weight is 297 g/mol. The maximum atomic E-state index is 11.9. The molecule has 7 heteroatoms. The van der Waals surface area contributed by atoms with Crippen LogP contribution in [0.2, 0.25) is 0 Å². The van der Waals surface area contributed by atoms with E-state index in [9.17, 15) is 13.2 Å². The Hall–Kier alpha value is -1.44. The summed E-state index contributed by atoms with van der Waals surface area (Å²) in [5.41, 5.74) is 1.28. The van der Waals surface area contributed by atoms with Crippen molar-refractivity contribution in [1.82, 2.24) is 5.32 Å². The Labute approximate surface area is 118 Å². The predicted molar refractivity (Wildman–Crippen MR) is 76.8 cm³/mol. The van der Waals surface area contributed by atoms with E-state index in [0.29, 0.717) is 12.1 Å². The van der Waals surface area contributed by atoms with Gasteiger partial charge in [0, 0.05) is 18.2 Å². The zero-order valence-electron chi connectivity index (χ0n) is 11.3. The molecule has 2 rings (SSSR count). The van der Waals surface area contributed by atoms with E-state index in [1.165, 1.54) is 12.1 Å². The molecule has 1 unspecified atom stereocenters. The molecule has 0 radical (unpaired) electrons. The SMILES string of the molecule is Cc1ccc(S(N)(=O)=O)cc1NC(=O)CC1CCCN1. The molecule has 1 saturated heterocycles. The van der Waals surface area contributed by atoms with Gasteiger partial charge in [-0.15, -0.1) is 0 Å². The van der Waals surface area contributed by atoms with Gasteiger partial charge >= 0.3 is 0 Å². The lowest BCUT2D eigenvalue weighted by Crippen LogP contribution is -2.27. The fraction of sp³-hybridized carbons (Fsp3) is 0.462. The van der Waals surface area contributed by atoms with E-state index < -0.39 is 10.0 Å². The highest BCUT2D eigenvalue weighted by Gasteiger charge is 2.18. The van der Waals surface area contributed by atoms with Gasteiger partial charge in [0.2, 0.25) is 15.9 Å². The molecule has 20 heavy (non-hydrogen) atoms. The molecular weight excluding hydrogens is 278 g/mol. The zero-order chi connectivity index (χ0) is 14.8. The Balaban J connectivity index is 2.09. The number of hydrogen-bond acceptors (Lipinski definition) is 4. The summed E-state index contributed by atoms with van der Waals surface area (Å²) < 4.78 is 22.6. The van der Waals surface area contributed by atoms with Gasteiger partial charge in [-0.3, -0.25) is 4.79 Å². The van der Waals surface area contributed by atoms with Gasteiger partial charge in [0.25, 0.3) is 0 Å². The Morgan fingerprint density at radius 2 is 2.25 bits per heavy atom. The van der Waals surface area contributed by atoms with Crippen LogP contribution in [0.25, 0.3) is 0 Å². The average Bonchev–Trinajstić information content (AvgIpc) is 2.83. The van der Waals surface area contributed by atoms with Crippen LogP contribution in [0.15, 0.2) is 23.1 Å². The third-order valence-electron chi connectivity index (χ3n) is 3.41. The van der Waals surface area contributed by atoms with Crippen LogP contribution in [0.1, 0.15) is 24.8 Å². The highest BCUT2D eigenvalue weighted by Crippen LogP contribution is 2.20. The van der Waals surface area contributed by atoms with Gasteiger partial charge in [-0.2, -0.15) is 0 Å². The van der Waals surface area contributed by atoms with E-state index in [4.69, 9.17) is 5.14 Å². The second kappa shape index (κ2) is 5.90. The number of rotatable bonds is 4. The number of sulfonamides is 1. The maximum absolute atomic E-state index is 11.9. The van der Waals surface area contributed by atoms with Crippen LogP contribution < -0.4 is 15.8 Å². The Morgan fingerprint density at radius 3 is 2.85 bits per heavy atom. The van der Waals surface area contributed by atoms with Crippen LogP contribution in [-0.4, -0.2) is 26.9 Å². The van der Waals surface area contributed by atoms with Crippen LogP contribution in [0.5, 0.6) is 0 Å². The number of primary sulfonamides is 1. The van der Waals surface area contributed by atoms with Gasteiger partial charge < -0.3 is 10.6 Å². The molecule has 1 heterocycles. The van der Waals surface area contributed by atoms with Crippen molar-refractivity contribution < 1.29 is 13.2 Å². The molecule has 6 nitrogen and oxygen atoms in total. The predicted octanol–water partition coefficient (Wildman–Crippen LogP) is 0.723. The van der Waals surface area contributed by atoms with Gasteiger partial charge in [-0.05, 0) is 44.0 Å². The van der Waals surface area contributed by atoms with Crippen molar-refractivity contribution in [2.45, 2.75) is 37.1 Å². The summed E-state index contributed by atoms with van der Waals surface area (Å²) in [5, 5.41) is 11.1. The van der Waals surface area contributed by atoms with E-state index in [0.717, 1.165) is 24.9 Å². The topological polar surface area (TPSA) is 101 Å². The highest BCUT2D eigenvalue weighted by molar-refractivity contribution is 7.89. The molecule has 1 amide bonds. The van der Waals surface area contributed by atoms with Crippen molar-refractivity contribution in [3.05, 3.63) is 23.8 Å². The minimum atomic E-state index is -3.76. The zero-order valence-corrected chi connectivity index (χ0v) is 12.2. The molecule has 0 saturated carbocycles. The normalized spacial score (nSPS) is 19.0. The molecule has 0 bridgehead atoms. The lowest BCUT2D eigenvalue weighted by molar-refractivity contribution is -0.116. The standard InChI is InChI=1S/C13H19N3O3S/c1-9-4-5-11(20(14,18)19)8-12(9)16-13(17)7-10-3-2-6-15-10/h4-5,8,10,15H,2-3,6-7H2,1H3,(H,16,17)(H2,14,18,19). The number of hydrogen-bond donors (Lipinski definition) is 3. The maximum Gasteiger partial charge on any atom is 0.238 e. The summed E-state index contributed by atoms with van der Waals surface area (Å²) in [6.45, 7) is 2.74. The number of benzene rings is 1. The molecule has 4 N–H and O–H groups in total. The first-order chi connectivity index (χ1) is 9.36. The lowest BCUT2D eigenvalue weighted by Gasteiger charge is -2.13. The van der Waals surface area contributed by atoms with Crippen LogP contribution in [-0.2, 0) is 14.8 Å². The molecule has 1 aromatic rings. The summed E-state index contributed by atoms with van der Waals surface area (Å²) in [6, 6.07) is 4.66. The minimum absolute atomic E-state index is 0.00242. The van der Waals surface area contributed by atoms with Gasteiger partial charge in [0.1, 0.15) is 0 Å². The molecule has 1 aliphatic heterocycles. The number of anilines is 1. The van der Waals surface area contributed by atoms with E-state index >= 15 is 0 Å². The summed E-state index contributed by atoms with van der Waals surface area (Å²) in [7, 11) is -3.76. The quantitative estimate of drug-likeness (QED) is 0.762. The summed E-state index contributed by atoms with van der Waals surface area (Å²) in [6.07, 6.45) is 2.46. The van der Waals surface area contributed by atoms with Crippen molar-refractivity contribution >= 4 is 21.6 Å². The lowest BCUT2D eigenvalue weighted by atomic mass is 10.1. The highest BCUT2D eigenvalue weighted by atomic mass is 32.2. The third-order valence-corrected chi connectivity index (χ3v) is 4.32. The van der Waals surface area contributed by atoms with Gasteiger partial charge in [0.15, 0.2) is 0 Å². The van der Waals surface area contributed by atoms with E-state index in [1.54, 1.807) is 13.0 Å². The molecule has 1 fully saturated rings. The Bertz CT molecular complexity index is 607. The number of nitrogens with one attached hydrogen (secondary N) is 2. The number of carbonyl (C=O) groups excluding carboxylic acids is 1. The van der Waals surface area contributed by atoms with Gasteiger partial charge in [-0.1, -0.05) is 6.07 Å². The van der Waals surface area contributed by atoms with Gasteiger partial charge in [0.05, 0.1) is 4.90 Å². The second-order valence-corrected chi connectivity index (χ2v) is 6.63. The summed E-state index contributed by atoms with van der Waals surface area (Å²) >= 11 is 0. The van der Waals surface area contributed by atoms with Gasteiger partial charge in [-0.25, -0.2) is 13.6 Å². The van der Waals surface area contributed by atoms with Crippen LogP contribution in [0, 0.1) is 6.92 Å². The number of carbonyl (C=O) groups is 1. The fourth-order valence-electron chi connectivity index (χ4n) is 2.27. The van der Waals surface area contributed by atoms with Crippen molar-refractivity contribution in [1.29, 1.82) is 0 Å². The fourth-order valence-corrected chi connectivity index (χ4v) is 2.81. The van der Waals surface area contributed by atoms with E-state index in [-0.39, 0.29) is 16.8 Å². The van der Waals surface area contributed by atoms with Crippen molar-refractivity contribution in [2.75, 3.05) is 11.9 Å². The molecule has 0 aliphatic carbocycles. The molecule has 1 atom stereocenters. The van der Waals surface area contributed by atoms with E-state index in [2.05, 4.69) is 10.6 Å². The summed E-state index contributed by atoms with van der Waals surface area (Å²) in [4.78, 5) is 11.9. The molecule has 1 aliphatic rings. The molecule has 1 aromatic carbocycles. The van der Waals surface area contributed by atoms with Crippen molar-refractivity contribution in [3.8, 4) is 0 Å². The largest absolute Gasteiger partial charge is 0.326 e. The molecule has 0 spiro atoms. The summed E-state index contributed by atoms with van der Waals surface area (Å²) in [5.74, 6) is -0.126. The van der Waals surface area contributed by atoms with Crippen molar-refractivity contribution in [3.63, 3.8) is 0 Å². The van der Waals surface area contributed by atoms with E-state index in [1.807, 2.05) is 0 Å². The van der Waals surface area contributed by atoms with Crippen LogP contribution >= 0.6 is 0 Å². The smallest absolute Gasteiger partial charge is 0.238 e. The Kier molecular flexibility index (Phi) is 4.42. The minimum Gasteiger partial charge on any atom is -0.326 e. The second-order valence-electron chi connectivity index (χ2n) is 5.07. The van der Waals surface area contributed by atoms with Crippen molar-refractivity contribution in [2.24, 2.45) is 5.14 Å². The monoisotopic (exact) mass is 297 g/mol. The van der Waals surface area contributed by atoms with Crippen LogP contribution in [0.4, 0.5) is 5.69 Å². The molecule has 0 aromatic heterocycles. The first-order valence-electron chi connectivity index (χ1n) is 6.53. The number of aryl methyl sites for hydroxylation is 1. The number of nitrogens with two attached hydrogens (primary N) is 1.